The largest absolute Gasteiger partial charge is 0.493 e. The molecule has 230 valence electrons. The summed E-state index contributed by atoms with van der Waals surface area (Å²) in [5.74, 6) is -6.78. The summed E-state index contributed by atoms with van der Waals surface area (Å²) in [6, 6.07) is 14.9. The van der Waals surface area contributed by atoms with E-state index in [9.17, 15) is 33.9 Å². The molecule has 0 saturated carbocycles. The van der Waals surface area contributed by atoms with Gasteiger partial charge in [0.15, 0.2) is 23.0 Å². The van der Waals surface area contributed by atoms with E-state index in [0.717, 1.165) is 26.0 Å². The molecule has 44 heavy (non-hydrogen) atoms. The fourth-order valence-electron chi connectivity index (χ4n) is 3.66. The maximum absolute atomic E-state index is 13.3. The monoisotopic (exact) mass is 609 g/mol. The Hall–Kier alpha value is -5.92. The van der Waals surface area contributed by atoms with Gasteiger partial charge in [-0.1, -0.05) is 18.2 Å². The predicted molar refractivity (Wildman–Crippen MR) is 150 cm³/mol. The molecule has 14 nitrogen and oxygen atoms in total. The van der Waals surface area contributed by atoms with Gasteiger partial charge in [-0.25, -0.2) is 14.4 Å². The van der Waals surface area contributed by atoms with Gasteiger partial charge in [0, 0.05) is 19.5 Å². The Bertz CT molecular complexity index is 1570. The minimum Gasteiger partial charge on any atom is -0.493 e. The van der Waals surface area contributed by atoms with E-state index >= 15 is 0 Å². The van der Waals surface area contributed by atoms with E-state index in [-0.39, 0.29) is 39.8 Å². The second-order valence-corrected chi connectivity index (χ2v) is 8.76. The number of carbonyl (C=O) groups excluding carboxylic acids is 5. The number of carboxylic acids is 1. The molecule has 0 fully saturated rings. The Morgan fingerprint density at radius 3 is 1.50 bits per heavy atom. The molecular weight excluding hydrogens is 582 g/mol. The first-order chi connectivity index (χ1) is 20.9. The SMILES string of the molecule is COc1cc(C(=O)O[C@@H](C(=O)O)[C@@H](OC(=O)c2ccc(OC(C)=O)c(OC)c2)C(=O)Nc2ccccc2)ccc1OC(C)=O. The summed E-state index contributed by atoms with van der Waals surface area (Å²) in [6.45, 7) is 2.32. The van der Waals surface area contributed by atoms with Gasteiger partial charge in [-0.15, -0.1) is 0 Å². The number of aliphatic carboxylic acids is 1. The smallest absolute Gasteiger partial charge is 0.349 e. The number of rotatable bonds is 12. The Balaban J connectivity index is 1.95. The number of esters is 4. The lowest BCUT2D eigenvalue weighted by Crippen LogP contribution is -2.48. The van der Waals surface area contributed by atoms with Crippen LogP contribution in [-0.4, -0.2) is 67.3 Å². The van der Waals surface area contributed by atoms with Crippen LogP contribution in [-0.2, 0) is 28.7 Å². The number of ether oxygens (including phenoxy) is 6. The molecule has 0 aliphatic heterocycles. The standard InChI is InChI=1S/C30H27NO13/c1-16(32)41-21-12-10-18(14-23(21)39-3)29(37)43-25(27(34)31-20-8-6-5-7-9-20)26(28(35)36)44-30(38)19-11-13-22(42-17(2)33)24(15-19)40-4/h5-15,25-26H,1-4H3,(H,31,34)(H,35,36)/t25-,26-/m1/s1. The zero-order valence-corrected chi connectivity index (χ0v) is 23.9. The number of hydrogen-bond donors (Lipinski definition) is 2. The second-order valence-electron chi connectivity index (χ2n) is 8.76. The van der Waals surface area contributed by atoms with Crippen molar-refractivity contribution in [1.82, 2.24) is 0 Å². The van der Waals surface area contributed by atoms with E-state index in [1.807, 2.05) is 0 Å². The van der Waals surface area contributed by atoms with Crippen LogP contribution in [0.5, 0.6) is 23.0 Å². The quantitative estimate of drug-likeness (QED) is 0.225. The number of benzene rings is 3. The number of anilines is 1. The van der Waals surface area contributed by atoms with Crippen molar-refractivity contribution in [3.05, 3.63) is 77.9 Å². The molecule has 3 rings (SSSR count). The van der Waals surface area contributed by atoms with Gasteiger partial charge in [-0.05, 0) is 48.5 Å². The highest BCUT2D eigenvalue weighted by Crippen LogP contribution is 2.30. The lowest BCUT2D eigenvalue weighted by molar-refractivity contribution is -0.157. The number of hydrogen-bond acceptors (Lipinski definition) is 12. The Labute approximate surface area is 250 Å². The van der Waals surface area contributed by atoms with E-state index in [1.54, 1.807) is 18.2 Å². The highest BCUT2D eigenvalue weighted by atomic mass is 16.6. The van der Waals surface area contributed by atoms with Crippen LogP contribution in [0.4, 0.5) is 5.69 Å². The average Bonchev–Trinajstić information content (AvgIpc) is 2.98. The summed E-state index contributed by atoms with van der Waals surface area (Å²) in [5, 5.41) is 12.4. The summed E-state index contributed by atoms with van der Waals surface area (Å²) >= 11 is 0. The molecule has 0 unspecified atom stereocenters. The van der Waals surface area contributed by atoms with E-state index < -0.39 is 48.0 Å². The van der Waals surface area contributed by atoms with Gasteiger partial charge in [0.2, 0.25) is 12.2 Å². The van der Waals surface area contributed by atoms with Gasteiger partial charge in [-0.2, -0.15) is 0 Å². The van der Waals surface area contributed by atoms with Crippen molar-refractivity contribution in [2.45, 2.75) is 26.1 Å². The highest BCUT2D eigenvalue weighted by Gasteiger charge is 2.41. The normalized spacial score (nSPS) is 11.6. The van der Waals surface area contributed by atoms with E-state index in [2.05, 4.69) is 5.32 Å². The number of methoxy groups -OCH3 is 2. The summed E-state index contributed by atoms with van der Waals surface area (Å²) in [7, 11) is 2.50. The maximum Gasteiger partial charge on any atom is 0.349 e. The van der Waals surface area contributed by atoms with Crippen LogP contribution in [0.15, 0.2) is 66.7 Å². The fourth-order valence-corrected chi connectivity index (χ4v) is 3.66. The molecule has 14 heteroatoms. The summed E-state index contributed by atoms with van der Waals surface area (Å²) in [6.07, 6.45) is -4.54. The number of carbonyl (C=O) groups is 6. The first kappa shape index (κ1) is 32.6. The maximum atomic E-state index is 13.3. The zero-order valence-electron chi connectivity index (χ0n) is 23.9. The van der Waals surface area contributed by atoms with Crippen LogP contribution >= 0.6 is 0 Å². The van der Waals surface area contributed by atoms with Gasteiger partial charge in [0.05, 0.1) is 25.3 Å². The van der Waals surface area contributed by atoms with Gasteiger partial charge in [-0.3, -0.25) is 14.4 Å². The van der Waals surface area contributed by atoms with Crippen molar-refractivity contribution in [1.29, 1.82) is 0 Å². The van der Waals surface area contributed by atoms with Crippen molar-refractivity contribution in [3.8, 4) is 23.0 Å². The molecule has 0 bridgehead atoms. The molecule has 0 spiro atoms. The first-order valence-corrected chi connectivity index (χ1v) is 12.7. The molecule has 0 radical (unpaired) electrons. The third kappa shape index (κ3) is 8.55. The van der Waals surface area contributed by atoms with Crippen LogP contribution in [0, 0.1) is 0 Å². The molecule has 0 heterocycles. The minimum absolute atomic E-state index is 0.0117. The zero-order chi connectivity index (χ0) is 32.4. The highest BCUT2D eigenvalue weighted by molar-refractivity contribution is 6.01. The second kappa shape index (κ2) is 14.8. The minimum atomic E-state index is -2.34. The summed E-state index contributed by atoms with van der Waals surface area (Å²) in [5.41, 5.74) is -0.216. The van der Waals surface area contributed by atoms with Gasteiger partial charge < -0.3 is 38.8 Å². The molecule has 3 aromatic rings. The average molecular weight is 610 g/mol. The molecular formula is C30H27NO13. The van der Waals surface area contributed by atoms with Crippen LogP contribution in [0.2, 0.25) is 0 Å². The van der Waals surface area contributed by atoms with Gasteiger partial charge in [0.1, 0.15) is 0 Å². The van der Waals surface area contributed by atoms with Gasteiger partial charge >= 0.3 is 29.8 Å². The van der Waals surface area contributed by atoms with Crippen molar-refractivity contribution in [2.75, 3.05) is 19.5 Å². The molecule has 0 saturated heterocycles. The van der Waals surface area contributed by atoms with Crippen molar-refractivity contribution < 1.29 is 62.3 Å². The number of nitrogens with one attached hydrogen (secondary N) is 1. The lowest BCUT2D eigenvalue weighted by atomic mass is 10.1. The molecule has 1 amide bonds. The van der Waals surface area contributed by atoms with Crippen LogP contribution in [0.1, 0.15) is 34.6 Å². The Morgan fingerprint density at radius 2 is 1.09 bits per heavy atom. The number of para-hydroxylation sites is 1. The Kier molecular flexibility index (Phi) is 11.0. The van der Waals surface area contributed by atoms with Crippen molar-refractivity contribution in [2.24, 2.45) is 0 Å². The molecule has 2 atom stereocenters. The molecule has 0 aliphatic rings. The topological polar surface area (TPSA) is 190 Å². The van der Waals surface area contributed by atoms with E-state index in [4.69, 9.17) is 28.4 Å². The van der Waals surface area contributed by atoms with E-state index in [0.29, 0.717) is 0 Å². The molecule has 0 aliphatic carbocycles. The number of amides is 1. The fraction of sp³-hybridized carbons (Fsp3) is 0.200. The summed E-state index contributed by atoms with van der Waals surface area (Å²) < 4.78 is 30.7. The molecule has 0 aromatic heterocycles. The lowest BCUT2D eigenvalue weighted by Gasteiger charge is -2.24. The van der Waals surface area contributed by atoms with Crippen LogP contribution < -0.4 is 24.3 Å². The number of carboxylic acid groups (broad SMARTS) is 1. The third-order valence-corrected chi connectivity index (χ3v) is 5.59. The predicted octanol–water partition coefficient (Wildman–Crippen LogP) is 3.03. The molecule has 2 N–H and O–H groups in total. The van der Waals surface area contributed by atoms with Crippen LogP contribution in [0.3, 0.4) is 0 Å². The third-order valence-electron chi connectivity index (χ3n) is 5.59. The molecule has 3 aromatic carbocycles. The Morgan fingerprint density at radius 1 is 0.636 bits per heavy atom. The van der Waals surface area contributed by atoms with Crippen molar-refractivity contribution in [3.63, 3.8) is 0 Å². The summed E-state index contributed by atoms with van der Waals surface area (Å²) in [4.78, 5) is 74.5. The van der Waals surface area contributed by atoms with Gasteiger partial charge in [0.25, 0.3) is 5.91 Å². The first-order valence-electron chi connectivity index (χ1n) is 12.7. The van der Waals surface area contributed by atoms with E-state index in [1.165, 1.54) is 50.6 Å². The van der Waals surface area contributed by atoms with Crippen LogP contribution in [0.25, 0.3) is 0 Å². The van der Waals surface area contributed by atoms with Crippen molar-refractivity contribution >= 4 is 41.4 Å².